The Hall–Kier alpha value is -1.17. The van der Waals surface area contributed by atoms with Crippen LogP contribution >= 0.6 is 0 Å². The van der Waals surface area contributed by atoms with E-state index in [1.807, 2.05) is 0 Å². The van der Waals surface area contributed by atoms with Gasteiger partial charge in [0, 0.05) is 0 Å². The van der Waals surface area contributed by atoms with Gasteiger partial charge in [-0.25, -0.2) is 13.2 Å². The van der Waals surface area contributed by atoms with Crippen LogP contribution in [0.4, 0.5) is 27.6 Å². The van der Waals surface area contributed by atoms with E-state index in [0.717, 1.165) is 0 Å². The molecule has 1 unspecified atom stereocenters. The Kier molecular flexibility index (Phi) is 3.28. The van der Waals surface area contributed by atoms with Crippen LogP contribution in [-0.4, -0.2) is 13.6 Å². The van der Waals surface area contributed by atoms with Crippen molar-refractivity contribution in [3.63, 3.8) is 0 Å². The number of nitrogens with one attached hydrogen (secondary N) is 1. The van der Waals surface area contributed by atoms with Crippen LogP contribution < -0.4 is 4.90 Å². The highest BCUT2D eigenvalue weighted by molar-refractivity contribution is 5.35. The van der Waals surface area contributed by atoms with E-state index < -0.39 is 34.8 Å². The van der Waals surface area contributed by atoms with Crippen molar-refractivity contribution in [1.82, 2.24) is 0 Å². The van der Waals surface area contributed by atoms with E-state index >= 15 is 0 Å². The summed E-state index contributed by atoms with van der Waals surface area (Å²) in [5.74, 6) is -9.48. The van der Waals surface area contributed by atoms with Crippen molar-refractivity contribution in [2.75, 3.05) is 13.6 Å². The van der Waals surface area contributed by atoms with Crippen LogP contribution in [0.15, 0.2) is 0 Å². The smallest absolute Gasteiger partial charge is 0.225 e. The van der Waals surface area contributed by atoms with Crippen molar-refractivity contribution in [1.29, 1.82) is 0 Å². The lowest BCUT2D eigenvalue weighted by Crippen LogP contribution is -3.04. The summed E-state index contributed by atoms with van der Waals surface area (Å²) in [7, 11) is 1.32. The molecule has 1 nitrogen and oxygen atoms in total. The molecule has 1 rings (SSSR count). The molecule has 0 amide bonds. The average molecular weight is 226 g/mol. The van der Waals surface area contributed by atoms with E-state index in [2.05, 4.69) is 0 Å². The Bertz CT molecular complexity index is 362. The van der Waals surface area contributed by atoms with E-state index in [0.29, 0.717) is 0 Å². The van der Waals surface area contributed by atoms with Crippen LogP contribution in [0.1, 0.15) is 6.92 Å². The van der Waals surface area contributed by atoms with Crippen molar-refractivity contribution in [2.24, 2.45) is 0 Å². The second-order valence-corrected chi connectivity index (χ2v) is 3.08. The number of quaternary nitrogens is 1. The first-order valence-electron chi connectivity index (χ1n) is 4.26. The van der Waals surface area contributed by atoms with Gasteiger partial charge in [0.05, 0.1) is 13.6 Å². The molecule has 6 heteroatoms. The molecule has 0 aliphatic rings. The molecule has 0 fully saturated rings. The quantitative estimate of drug-likeness (QED) is 0.443. The molecule has 1 atom stereocenters. The molecule has 0 saturated carbocycles. The predicted molar refractivity (Wildman–Crippen MR) is 43.3 cm³/mol. The summed E-state index contributed by atoms with van der Waals surface area (Å²) >= 11 is 0. The Labute approximate surface area is 83.1 Å². The summed E-state index contributed by atoms with van der Waals surface area (Å²) in [5.41, 5.74) is -0.825. The Morgan fingerprint density at radius 1 is 0.800 bits per heavy atom. The lowest BCUT2D eigenvalue weighted by atomic mass is 10.2. The molecule has 0 aliphatic heterocycles. The highest BCUT2D eigenvalue weighted by Crippen LogP contribution is 2.24. The van der Waals surface area contributed by atoms with Crippen LogP contribution in [-0.2, 0) is 0 Å². The minimum atomic E-state index is -2.13. The molecule has 0 aliphatic carbocycles. The SMILES string of the molecule is CC[NH+](C)c1c(F)c(F)c(F)c(F)c1F. The molecule has 0 radical (unpaired) electrons. The van der Waals surface area contributed by atoms with Crippen molar-refractivity contribution in [2.45, 2.75) is 6.92 Å². The van der Waals surface area contributed by atoms with Crippen LogP contribution in [0, 0.1) is 29.1 Å². The number of hydrogen-bond acceptors (Lipinski definition) is 0. The maximum Gasteiger partial charge on any atom is 0.225 e. The largest absolute Gasteiger partial charge is 0.300 e. The summed E-state index contributed by atoms with van der Waals surface area (Å²) < 4.78 is 64.3. The van der Waals surface area contributed by atoms with Crippen LogP contribution in [0.5, 0.6) is 0 Å². The van der Waals surface area contributed by atoms with E-state index in [-0.39, 0.29) is 11.4 Å². The first kappa shape index (κ1) is 11.9. The van der Waals surface area contributed by atoms with E-state index in [1.165, 1.54) is 7.05 Å². The van der Waals surface area contributed by atoms with Crippen molar-refractivity contribution in [3.05, 3.63) is 29.1 Å². The van der Waals surface area contributed by atoms with Crippen molar-refractivity contribution in [3.8, 4) is 0 Å². The second kappa shape index (κ2) is 4.14. The van der Waals surface area contributed by atoms with Gasteiger partial charge in [-0.3, -0.25) is 4.90 Å². The van der Waals surface area contributed by atoms with Crippen LogP contribution in [0.25, 0.3) is 0 Å². The van der Waals surface area contributed by atoms with Gasteiger partial charge in [0.25, 0.3) is 0 Å². The molecule has 1 N–H and O–H groups in total. The molecule has 15 heavy (non-hydrogen) atoms. The third-order valence-corrected chi connectivity index (χ3v) is 2.17. The lowest BCUT2D eigenvalue weighted by molar-refractivity contribution is -0.810. The van der Waals surface area contributed by atoms with Crippen LogP contribution in [0.2, 0.25) is 0 Å². The molecule has 0 bridgehead atoms. The van der Waals surface area contributed by atoms with Gasteiger partial charge in [-0.05, 0) is 6.92 Å². The van der Waals surface area contributed by atoms with E-state index in [4.69, 9.17) is 0 Å². The fraction of sp³-hybridized carbons (Fsp3) is 0.333. The normalized spacial score (nSPS) is 13.0. The monoisotopic (exact) mass is 226 g/mol. The van der Waals surface area contributed by atoms with E-state index in [9.17, 15) is 22.0 Å². The Morgan fingerprint density at radius 3 is 1.47 bits per heavy atom. The summed E-state index contributed by atoms with van der Waals surface area (Å²) in [6, 6.07) is 0. The molecular formula is C9H9F5N+. The molecular weight excluding hydrogens is 217 g/mol. The van der Waals surface area contributed by atoms with Gasteiger partial charge in [0.2, 0.25) is 34.8 Å². The molecule has 0 saturated heterocycles. The topological polar surface area (TPSA) is 4.44 Å². The highest BCUT2D eigenvalue weighted by atomic mass is 19.2. The zero-order valence-electron chi connectivity index (χ0n) is 8.10. The van der Waals surface area contributed by atoms with Gasteiger partial charge in [-0.1, -0.05) is 0 Å². The average Bonchev–Trinajstić information content (AvgIpc) is 2.23. The van der Waals surface area contributed by atoms with Gasteiger partial charge >= 0.3 is 0 Å². The predicted octanol–water partition coefficient (Wildman–Crippen LogP) is 1.55. The molecule has 0 spiro atoms. The van der Waals surface area contributed by atoms with Crippen molar-refractivity contribution >= 4 is 5.69 Å². The van der Waals surface area contributed by atoms with Crippen LogP contribution in [0.3, 0.4) is 0 Å². The zero-order chi connectivity index (χ0) is 11.7. The maximum atomic E-state index is 13.1. The minimum absolute atomic E-state index is 0.114. The number of rotatable bonds is 2. The lowest BCUT2D eigenvalue weighted by Gasteiger charge is -2.13. The van der Waals surface area contributed by atoms with Gasteiger partial charge in [-0.2, -0.15) is 8.78 Å². The summed E-state index contributed by atoms with van der Waals surface area (Å²) in [6.45, 7) is 1.77. The fourth-order valence-electron chi connectivity index (χ4n) is 1.16. The first-order valence-corrected chi connectivity index (χ1v) is 4.26. The summed E-state index contributed by atoms with van der Waals surface area (Å²) in [4.78, 5) is 0.114. The van der Waals surface area contributed by atoms with Gasteiger partial charge < -0.3 is 0 Å². The molecule has 84 valence electrons. The number of hydrogen-bond donors (Lipinski definition) is 1. The molecule has 0 aromatic heterocycles. The maximum absolute atomic E-state index is 13.1. The van der Waals surface area contributed by atoms with Gasteiger partial charge in [0.15, 0.2) is 0 Å². The van der Waals surface area contributed by atoms with Crippen molar-refractivity contribution < 1.29 is 26.9 Å². The summed E-state index contributed by atoms with van der Waals surface area (Å²) in [6.07, 6.45) is 0. The summed E-state index contributed by atoms with van der Waals surface area (Å²) in [5, 5.41) is 0. The Balaban J connectivity index is 3.52. The fourth-order valence-corrected chi connectivity index (χ4v) is 1.16. The number of halogens is 5. The third-order valence-electron chi connectivity index (χ3n) is 2.17. The molecule has 1 aromatic carbocycles. The standard InChI is InChI=1S/C9H8F5N/c1-3-15(2)9-7(13)5(11)4(10)6(12)8(9)14/h3H2,1-2H3/p+1. The van der Waals surface area contributed by atoms with Gasteiger partial charge in [-0.15, -0.1) is 0 Å². The third kappa shape index (κ3) is 1.81. The van der Waals surface area contributed by atoms with E-state index in [1.54, 1.807) is 6.92 Å². The Morgan fingerprint density at radius 2 is 1.13 bits per heavy atom. The van der Waals surface area contributed by atoms with Gasteiger partial charge in [0.1, 0.15) is 0 Å². The zero-order valence-corrected chi connectivity index (χ0v) is 8.10. The first-order chi connectivity index (χ1) is 6.91. The highest BCUT2D eigenvalue weighted by Gasteiger charge is 2.30. The number of benzene rings is 1. The second-order valence-electron chi connectivity index (χ2n) is 3.08. The minimum Gasteiger partial charge on any atom is -0.300 e. The molecule has 0 heterocycles. The molecule has 1 aromatic rings.